The van der Waals surface area contributed by atoms with Crippen molar-refractivity contribution in [1.82, 2.24) is 15.5 Å². The Kier molecular flexibility index (Phi) is 7.74. The maximum absolute atomic E-state index is 12.3. The molecule has 0 saturated carbocycles. The van der Waals surface area contributed by atoms with E-state index in [1.54, 1.807) is 51.5 Å². The van der Waals surface area contributed by atoms with E-state index in [4.69, 9.17) is 0 Å². The van der Waals surface area contributed by atoms with Gasteiger partial charge in [-0.15, -0.1) is 0 Å². The number of hydrogen-bond donors (Lipinski definition) is 2. The van der Waals surface area contributed by atoms with Gasteiger partial charge in [-0.3, -0.25) is 9.79 Å². The van der Waals surface area contributed by atoms with Crippen molar-refractivity contribution < 1.29 is 18.3 Å². The van der Waals surface area contributed by atoms with Crippen LogP contribution in [0.2, 0.25) is 0 Å². The molecule has 0 bridgehead atoms. The second-order valence-corrected chi connectivity index (χ2v) is 6.20. The van der Waals surface area contributed by atoms with Crippen molar-refractivity contribution in [2.75, 3.05) is 21.1 Å². The van der Waals surface area contributed by atoms with Crippen LogP contribution in [0.25, 0.3) is 0 Å². The van der Waals surface area contributed by atoms with Crippen molar-refractivity contribution in [1.29, 1.82) is 0 Å². The van der Waals surface area contributed by atoms with Crippen LogP contribution in [-0.4, -0.2) is 44.5 Å². The molecule has 1 amide bonds. The molecule has 0 heterocycles. The lowest BCUT2D eigenvalue weighted by Crippen LogP contribution is -2.36. The molecule has 8 heteroatoms. The fourth-order valence-corrected chi connectivity index (χ4v) is 2.45. The van der Waals surface area contributed by atoms with Gasteiger partial charge in [-0.05, 0) is 35.4 Å². The molecule has 150 valence electrons. The molecule has 28 heavy (non-hydrogen) atoms. The van der Waals surface area contributed by atoms with Crippen LogP contribution >= 0.6 is 0 Å². The van der Waals surface area contributed by atoms with Crippen molar-refractivity contribution in [3.05, 3.63) is 65.2 Å². The van der Waals surface area contributed by atoms with Crippen LogP contribution in [0.1, 0.15) is 21.5 Å². The summed E-state index contributed by atoms with van der Waals surface area (Å²) in [4.78, 5) is 17.6. The highest BCUT2D eigenvalue weighted by atomic mass is 19.3. The molecule has 0 fully saturated rings. The number of amides is 1. The molecule has 0 saturated heterocycles. The number of aliphatic imine (C=N–C) groups is 1. The maximum atomic E-state index is 12.3. The van der Waals surface area contributed by atoms with E-state index in [0.29, 0.717) is 24.6 Å². The van der Waals surface area contributed by atoms with E-state index in [0.717, 1.165) is 11.1 Å². The van der Waals surface area contributed by atoms with Crippen LogP contribution in [0, 0.1) is 0 Å². The van der Waals surface area contributed by atoms with E-state index < -0.39 is 6.61 Å². The third-order valence-corrected chi connectivity index (χ3v) is 3.87. The summed E-state index contributed by atoms with van der Waals surface area (Å²) in [5, 5.41) is 6.28. The van der Waals surface area contributed by atoms with Crippen molar-refractivity contribution in [2.24, 2.45) is 4.99 Å². The van der Waals surface area contributed by atoms with Gasteiger partial charge in [0.2, 0.25) is 0 Å². The third kappa shape index (κ3) is 6.53. The smallest absolute Gasteiger partial charge is 0.387 e. The quantitative estimate of drug-likeness (QED) is 0.564. The van der Waals surface area contributed by atoms with Crippen LogP contribution < -0.4 is 15.4 Å². The molecule has 0 spiro atoms. The van der Waals surface area contributed by atoms with Gasteiger partial charge in [0.25, 0.3) is 5.91 Å². The Hall–Kier alpha value is -3.16. The van der Waals surface area contributed by atoms with E-state index in [-0.39, 0.29) is 11.7 Å². The molecule has 0 aliphatic heterocycles. The van der Waals surface area contributed by atoms with Crippen LogP contribution in [-0.2, 0) is 13.1 Å². The van der Waals surface area contributed by atoms with Gasteiger partial charge in [-0.25, -0.2) is 0 Å². The molecular weight excluding hydrogens is 366 g/mol. The second kappa shape index (κ2) is 10.2. The first-order chi connectivity index (χ1) is 13.4. The van der Waals surface area contributed by atoms with Gasteiger partial charge in [-0.1, -0.05) is 24.3 Å². The van der Waals surface area contributed by atoms with Crippen LogP contribution in [0.4, 0.5) is 8.78 Å². The normalized spacial score (nSPS) is 11.3. The van der Waals surface area contributed by atoms with Crippen molar-refractivity contribution in [3.63, 3.8) is 0 Å². The van der Waals surface area contributed by atoms with E-state index >= 15 is 0 Å². The molecular formula is C20H24F2N4O2. The molecule has 0 aromatic heterocycles. The summed E-state index contributed by atoms with van der Waals surface area (Å²) >= 11 is 0. The number of guanidine groups is 1. The molecule has 2 rings (SSSR count). The largest absolute Gasteiger partial charge is 0.435 e. The Labute approximate surface area is 163 Å². The number of nitrogens with zero attached hydrogens (tertiary/aromatic N) is 2. The van der Waals surface area contributed by atoms with Crippen LogP contribution in [0.3, 0.4) is 0 Å². The molecule has 2 aromatic carbocycles. The number of benzene rings is 2. The fraction of sp³-hybridized carbons (Fsp3) is 0.300. The summed E-state index contributed by atoms with van der Waals surface area (Å²) in [6.45, 7) is -1.93. The van der Waals surface area contributed by atoms with Gasteiger partial charge < -0.3 is 20.3 Å². The monoisotopic (exact) mass is 390 g/mol. The summed E-state index contributed by atoms with van der Waals surface area (Å²) in [6.07, 6.45) is 0. The number of hydrogen-bond acceptors (Lipinski definition) is 3. The highest BCUT2D eigenvalue weighted by molar-refractivity contribution is 5.93. The number of ether oxygens (including phenoxy) is 1. The average molecular weight is 390 g/mol. The van der Waals surface area contributed by atoms with Gasteiger partial charge in [0.1, 0.15) is 5.75 Å². The topological polar surface area (TPSA) is 66.0 Å². The Bertz CT molecular complexity index is 808. The molecule has 2 N–H and O–H groups in total. The van der Waals surface area contributed by atoms with Gasteiger partial charge in [0.15, 0.2) is 5.96 Å². The molecule has 0 aliphatic rings. The Balaban J connectivity index is 1.87. The number of halogens is 2. The van der Waals surface area contributed by atoms with Gasteiger partial charge >= 0.3 is 6.61 Å². The summed E-state index contributed by atoms with van der Waals surface area (Å²) in [5.74, 6) is 0.633. The second-order valence-electron chi connectivity index (χ2n) is 6.20. The zero-order chi connectivity index (χ0) is 20.5. The molecule has 0 aliphatic carbocycles. The predicted molar refractivity (Wildman–Crippen MR) is 105 cm³/mol. The molecule has 2 aromatic rings. The lowest BCUT2D eigenvalue weighted by Gasteiger charge is -2.13. The van der Waals surface area contributed by atoms with Crippen molar-refractivity contribution in [2.45, 2.75) is 19.7 Å². The lowest BCUT2D eigenvalue weighted by molar-refractivity contribution is -0.0498. The van der Waals surface area contributed by atoms with E-state index in [2.05, 4.69) is 20.4 Å². The predicted octanol–water partition coefficient (Wildman–Crippen LogP) is 2.86. The average Bonchev–Trinajstić information content (AvgIpc) is 2.67. The van der Waals surface area contributed by atoms with E-state index in [9.17, 15) is 13.6 Å². The Morgan fingerprint density at radius 2 is 1.71 bits per heavy atom. The zero-order valence-corrected chi connectivity index (χ0v) is 16.1. The Morgan fingerprint density at radius 3 is 2.29 bits per heavy atom. The first-order valence-corrected chi connectivity index (χ1v) is 8.68. The minimum atomic E-state index is -2.85. The van der Waals surface area contributed by atoms with E-state index in [1.807, 2.05) is 12.1 Å². The Morgan fingerprint density at radius 1 is 1.07 bits per heavy atom. The first kappa shape index (κ1) is 21.1. The lowest BCUT2D eigenvalue weighted by atomic mass is 10.1. The minimum absolute atomic E-state index is 0.0463. The summed E-state index contributed by atoms with van der Waals surface area (Å²) < 4.78 is 29.0. The molecule has 6 nitrogen and oxygen atoms in total. The standard InChI is InChI=1S/C20H24F2N4O2/c1-23-20(25-13-15-5-4-6-17(11-15)28-19(21)22)24-12-14-7-9-16(10-8-14)18(27)26(2)3/h4-11,19H,12-13H2,1-3H3,(H2,23,24,25). The van der Waals surface area contributed by atoms with Gasteiger partial charge in [0, 0.05) is 39.8 Å². The highest BCUT2D eigenvalue weighted by Crippen LogP contribution is 2.15. The zero-order valence-electron chi connectivity index (χ0n) is 16.1. The van der Waals surface area contributed by atoms with Gasteiger partial charge in [0.05, 0.1) is 0 Å². The summed E-state index contributed by atoms with van der Waals surface area (Å²) in [5.41, 5.74) is 2.40. The number of carbonyl (C=O) groups is 1. The fourth-order valence-electron chi connectivity index (χ4n) is 2.45. The maximum Gasteiger partial charge on any atom is 0.387 e. The van der Waals surface area contributed by atoms with E-state index in [1.165, 1.54) is 11.0 Å². The SMILES string of the molecule is CN=C(NCc1ccc(C(=O)N(C)C)cc1)NCc1cccc(OC(F)F)c1. The molecule has 0 radical (unpaired) electrons. The first-order valence-electron chi connectivity index (χ1n) is 8.68. The van der Waals surface area contributed by atoms with Crippen molar-refractivity contribution in [3.8, 4) is 5.75 Å². The van der Waals surface area contributed by atoms with Gasteiger partial charge in [-0.2, -0.15) is 8.78 Å². The number of rotatable bonds is 7. The number of nitrogens with one attached hydrogen (secondary N) is 2. The van der Waals surface area contributed by atoms with Crippen LogP contribution in [0.5, 0.6) is 5.75 Å². The molecule has 0 unspecified atom stereocenters. The highest BCUT2D eigenvalue weighted by Gasteiger charge is 2.08. The third-order valence-electron chi connectivity index (χ3n) is 3.87. The number of alkyl halides is 2. The summed E-state index contributed by atoms with van der Waals surface area (Å²) in [7, 11) is 5.07. The van der Waals surface area contributed by atoms with Crippen molar-refractivity contribution >= 4 is 11.9 Å². The summed E-state index contributed by atoms with van der Waals surface area (Å²) in [6, 6.07) is 13.8. The minimum Gasteiger partial charge on any atom is -0.435 e. The molecule has 0 atom stereocenters. The van der Waals surface area contributed by atoms with Crippen LogP contribution in [0.15, 0.2) is 53.5 Å². The number of carbonyl (C=O) groups excluding carboxylic acids is 1.